The molecule has 6 heteroatoms. The third-order valence-corrected chi connectivity index (χ3v) is 6.45. The molecule has 0 unspecified atom stereocenters. The summed E-state index contributed by atoms with van der Waals surface area (Å²) in [6.45, 7) is 6.29. The predicted octanol–water partition coefficient (Wildman–Crippen LogP) is 5.78. The maximum absolute atomic E-state index is 13.4. The molecule has 0 spiro atoms. The molecule has 0 bridgehead atoms. The van der Waals surface area contributed by atoms with Gasteiger partial charge in [0.1, 0.15) is 0 Å². The van der Waals surface area contributed by atoms with Crippen molar-refractivity contribution in [2.45, 2.75) is 149 Å². The van der Waals surface area contributed by atoms with E-state index in [1.807, 2.05) is 0 Å². The zero-order chi connectivity index (χ0) is 25.2. The van der Waals surface area contributed by atoms with Gasteiger partial charge in [0.25, 0.3) is 5.97 Å². The molecule has 0 atom stereocenters. The van der Waals surface area contributed by atoms with Gasteiger partial charge in [-0.05, 0) is 19.3 Å². The van der Waals surface area contributed by atoms with Gasteiger partial charge >= 0.3 is 0 Å². The molecular formula is C27H50O6. The number of hydrogen-bond acceptors (Lipinski definition) is 6. The molecule has 0 aromatic rings. The monoisotopic (exact) mass is 470 g/mol. The van der Waals surface area contributed by atoms with E-state index < -0.39 is 35.2 Å². The Morgan fingerprint density at radius 2 is 0.758 bits per heavy atom. The lowest BCUT2D eigenvalue weighted by Crippen LogP contribution is -2.52. The molecule has 0 radical (unpaired) electrons. The van der Waals surface area contributed by atoms with Crippen LogP contribution in [0.15, 0.2) is 0 Å². The summed E-state index contributed by atoms with van der Waals surface area (Å²) in [7, 11) is 0. The van der Waals surface area contributed by atoms with Crippen molar-refractivity contribution in [2.24, 2.45) is 5.41 Å². The van der Waals surface area contributed by atoms with Crippen molar-refractivity contribution in [1.29, 1.82) is 0 Å². The Kier molecular flexibility index (Phi) is 17.6. The molecule has 0 aliphatic rings. The molecule has 0 aliphatic carbocycles. The first-order valence-electron chi connectivity index (χ1n) is 13.4. The maximum Gasteiger partial charge on any atom is 0.277 e. The fraction of sp³-hybridized carbons (Fsp3) is 0.889. The fourth-order valence-corrected chi connectivity index (χ4v) is 4.43. The number of aliphatic hydroxyl groups is 3. The van der Waals surface area contributed by atoms with E-state index in [-0.39, 0.29) is 19.3 Å². The van der Waals surface area contributed by atoms with Gasteiger partial charge in [-0.3, -0.25) is 14.4 Å². The van der Waals surface area contributed by atoms with Crippen molar-refractivity contribution in [3.8, 4) is 0 Å². The molecule has 33 heavy (non-hydrogen) atoms. The van der Waals surface area contributed by atoms with Crippen LogP contribution in [0, 0.1) is 5.41 Å². The van der Waals surface area contributed by atoms with Gasteiger partial charge in [-0.25, -0.2) is 0 Å². The van der Waals surface area contributed by atoms with Crippen molar-refractivity contribution in [1.82, 2.24) is 0 Å². The molecular weight excluding hydrogens is 420 g/mol. The van der Waals surface area contributed by atoms with Crippen LogP contribution in [0.3, 0.4) is 0 Å². The summed E-state index contributed by atoms with van der Waals surface area (Å²) < 4.78 is 0. The normalized spacial score (nSPS) is 12.2. The highest BCUT2D eigenvalue weighted by atomic mass is 16.7. The molecule has 0 saturated heterocycles. The first-order valence-corrected chi connectivity index (χ1v) is 13.4. The summed E-state index contributed by atoms with van der Waals surface area (Å²) >= 11 is 0. The molecule has 0 amide bonds. The van der Waals surface area contributed by atoms with Crippen molar-refractivity contribution in [3.05, 3.63) is 0 Å². The van der Waals surface area contributed by atoms with Gasteiger partial charge in [-0.1, -0.05) is 97.8 Å². The van der Waals surface area contributed by atoms with Gasteiger partial charge in [0, 0.05) is 19.3 Å². The van der Waals surface area contributed by atoms with Crippen molar-refractivity contribution in [3.63, 3.8) is 0 Å². The van der Waals surface area contributed by atoms with Gasteiger partial charge in [0.15, 0.2) is 22.8 Å². The van der Waals surface area contributed by atoms with E-state index in [0.717, 1.165) is 77.0 Å². The molecule has 0 aromatic heterocycles. The smallest absolute Gasteiger partial charge is 0.277 e. The van der Waals surface area contributed by atoms with Crippen LogP contribution in [-0.4, -0.2) is 38.6 Å². The predicted molar refractivity (Wildman–Crippen MR) is 132 cm³/mol. The molecule has 3 N–H and O–H groups in total. The molecule has 0 rings (SSSR count). The highest BCUT2D eigenvalue weighted by Crippen LogP contribution is 2.36. The Bertz CT molecular complexity index is 485. The first kappa shape index (κ1) is 31.9. The van der Waals surface area contributed by atoms with Crippen LogP contribution in [0.2, 0.25) is 0 Å². The molecule has 6 nitrogen and oxygen atoms in total. The highest BCUT2D eigenvalue weighted by molar-refractivity contribution is 6.24. The summed E-state index contributed by atoms with van der Waals surface area (Å²) in [6.07, 6.45) is 12.5. The van der Waals surface area contributed by atoms with Gasteiger partial charge < -0.3 is 15.3 Å². The molecule has 0 saturated carbocycles. The van der Waals surface area contributed by atoms with Crippen molar-refractivity contribution >= 4 is 17.3 Å². The number of rotatable bonds is 23. The van der Waals surface area contributed by atoms with Crippen LogP contribution in [0.5, 0.6) is 0 Å². The summed E-state index contributed by atoms with van der Waals surface area (Å²) in [6, 6.07) is 0. The number of hydrogen-bond donors (Lipinski definition) is 3. The summed E-state index contributed by atoms with van der Waals surface area (Å²) in [5, 5.41) is 29.3. The lowest BCUT2D eigenvalue weighted by atomic mass is 9.68. The second-order valence-corrected chi connectivity index (χ2v) is 9.62. The van der Waals surface area contributed by atoms with Crippen molar-refractivity contribution < 1.29 is 29.7 Å². The SMILES string of the molecule is CCCCCCCC(=O)C(CC(O)(O)O)(C(=O)CCCCCCC)C(=O)CCCCCCC. The quantitative estimate of drug-likeness (QED) is 0.0991. The minimum atomic E-state index is -3.26. The lowest BCUT2D eigenvalue weighted by molar-refractivity contribution is -0.321. The largest absolute Gasteiger partial charge is 0.344 e. The van der Waals surface area contributed by atoms with Gasteiger partial charge in [-0.15, -0.1) is 0 Å². The molecule has 0 aromatic carbocycles. The van der Waals surface area contributed by atoms with Crippen LogP contribution in [0.4, 0.5) is 0 Å². The van der Waals surface area contributed by atoms with Crippen LogP contribution in [0.1, 0.15) is 143 Å². The Balaban J connectivity index is 5.57. The Labute approximate surface area is 201 Å². The average molecular weight is 471 g/mol. The molecule has 194 valence electrons. The summed E-state index contributed by atoms with van der Waals surface area (Å²) in [4.78, 5) is 40.1. The summed E-state index contributed by atoms with van der Waals surface area (Å²) in [5.74, 6) is -4.97. The van der Waals surface area contributed by atoms with Crippen molar-refractivity contribution in [2.75, 3.05) is 0 Å². The Hall–Kier alpha value is -1.11. The Morgan fingerprint density at radius 1 is 0.485 bits per heavy atom. The average Bonchev–Trinajstić information content (AvgIpc) is 2.75. The zero-order valence-corrected chi connectivity index (χ0v) is 21.5. The minimum absolute atomic E-state index is 0.0307. The van der Waals surface area contributed by atoms with Crippen LogP contribution < -0.4 is 0 Å². The number of carbonyl (C=O) groups excluding carboxylic acids is 3. The van der Waals surface area contributed by atoms with E-state index in [9.17, 15) is 29.7 Å². The van der Waals surface area contributed by atoms with E-state index in [0.29, 0.717) is 19.3 Å². The molecule has 0 heterocycles. The Morgan fingerprint density at radius 3 is 1.00 bits per heavy atom. The third-order valence-electron chi connectivity index (χ3n) is 6.45. The molecule has 0 aliphatic heterocycles. The van der Waals surface area contributed by atoms with E-state index in [1.165, 1.54) is 0 Å². The fourth-order valence-electron chi connectivity index (χ4n) is 4.43. The van der Waals surface area contributed by atoms with E-state index >= 15 is 0 Å². The summed E-state index contributed by atoms with van der Waals surface area (Å²) in [5.41, 5.74) is -2.17. The van der Waals surface area contributed by atoms with E-state index in [1.54, 1.807) is 0 Å². The first-order chi connectivity index (χ1) is 15.7. The number of carbonyl (C=O) groups is 3. The minimum Gasteiger partial charge on any atom is -0.344 e. The number of ketones is 3. The van der Waals surface area contributed by atoms with Gasteiger partial charge in [-0.2, -0.15) is 0 Å². The van der Waals surface area contributed by atoms with Crippen LogP contribution >= 0.6 is 0 Å². The standard InChI is InChI=1S/C27H50O6/c1-4-7-10-13-16-19-23(28)26(22-27(31,32)33,24(29)20-17-14-11-8-5-2)25(30)21-18-15-12-9-6-3/h31-33H,4-22H2,1-3H3. The van der Waals surface area contributed by atoms with Gasteiger partial charge in [0.2, 0.25) is 0 Å². The maximum atomic E-state index is 13.4. The van der Waals surface area contributed by atoms with Crippen LogP contribution in [-0.2, 0) is 14.4 Å². The lowest BCUT2D eigenvalue weighted by Gasteiger charge is -2.33. The third kappa shape index (κ3) is 13.4. The second-order valence-electron chi connectivity index (χ2n) is 9.62. The number of Topliss-reactive ketones (excluding diaryl/α,β-unsaturated/α-hetero) is 3. The topological polar surface area (TPSA) is 112 Å². The molecule has 0 fully saturated rings. The zero-order valence-electron chi connectivity index (χ0n) is 21.5. The van der Waals surface area contributed by atoms with E-state index in [2.05, 4.69) is 20.8 Å². The number of unbranched alkanes of at least 4 members (excludes halogenated alkanes) is 12. The van der Waals surface area contributed by atoms with Crippen LogP contribution in [0.25, 0.3) is 0 Å². The van der Waals surface area contributed by atoms with Gasteiger partial charge in [0.05, 0.1) is 6.42 Å². The highest BCUT2D eigenvalue weighted by Gasteiger charge is 2.53. The second kappa shape index (κ2) is 18.2. The van der Waals surface area contributed by atoms with E-state index in [4.69, 9.17) is 0 Å².